The van der Waals surface area contributed by atoms with Crippen molar-refractivity contribution in [3.05, 3.63) is 11.6 Å². The first-order chi connectivity index (χ1) is 15.4. The van der Waals surface area contributed by atoms with E-state index in [1.165, 1.54) is 0 Å². The van der Waals surface area contributed by atoms with Crippen LogP contribution in [0.4, 0.5) is 0 Å². The normalized spacial score (nSPS) is 49.0. The van der Waals surface area contributed by atoms with Crippen LogP contribution in [0.5, 0.6) is 0 Å². The Kier molecular flexibility index (Phi) is 8.34. The van der Waals surface area contributed by atoms with Gasteiger partial charge in [-0.2, -0.15) is 0 Å². The average molecular weight is 473 g/mol. The first-order valence-electron chi connectivity index (χ1n) is 12.3. The molecule has 2 saturated carbocycles. The molecule has 33 heavy (non-hydrogen) atoms. The number of allylic oxidation sites excluding steroid dienone is 1. The number of fused-ring (bicyclic) bond motifs is 1. The van der Waals surface area contributed by atoms with Gasteiger partial charge in [0, 0.05) is 13.0 Å². The van der Waals surface area contributed by atoms with E-state index in [0.717, 1.165) is 37.7 Å². The molecule has 2 aliphatic carbocycles. The summed E-state index contributed by atoms with van der Waals surface area (Å²) in [6.45, 7) is 7.90. The molecule has 0 aromatic heterocycles. The Balaban J connectivity index is 1.93. The van der Waals surface area contributed by atoms with Gasteiger partial charge in [0.25, 0.3) is 0 Å². The smallest absolute Gasteiger partial charge is 0.186 e. The summed E-state index contributed by atoms with van der Waals surface area (Å²) in [5, 5.41) is 61.7. The highest BCUT2D eigenvalue weighted by molar-refractivity contribution is 5.13. The summed E-state index contributed by atoms with van der Waals surface area (Å²) in [6, 6.07) is 0. The van der Waals surface area contributed by atoms with Gasteiger partial charge in [0.15, 0.2) is 6.29 Å². The Bertz CT molecular complexity index is 696. The molecule has 8 nitrogen and oxygen atoms in total. The second kappa shape index (κ2) is 10.2. The molecule has 10 atom stereocenters. The molecule has 0 aromatic carbocycles. The van der Waals surface area contributed by atoms with Crippen molar-refractivity contribution in [1.82, 2.24) is 0 Å². The Hall–Kier alpha value is -0.580. The highest BCUT2D eigenvalue weighted by atomic mass is 16.7. The molecule has 3 aliphatic rings. The molecule has 1 saturated heterocycles. The molecule has 0 aromatic rings. The summed E-state index contributed by atoms with van der Waals surface area (Å²) in [7, 11) is 0. The van der Waals surface area contributed by atoms with Crippen molar-refractivity contribution in [3.8, 4) is 0 Å². The minimum Gasteiger partial charge on any atom is -0.396 e. The lowest BCUT2D eigenvalue weighted by Gasteiger charge is -2.64. The van der Waals surface area contributed by atoms with Gasteiger partial charge in [0.05, 0.1) is 24.9 Å². The van der Waals surface area contributed by atoms with Gasteiger partial charge < -0.3 is 40.1 Å². The number of hydrogen-bond acceptors (Lipinski definition) is 8. The van der Waals surface area contributed by atoms with Crippen molar-refractivity contribution in [1.29, 1.82) is 0 Å². The molecule has 3 fully saturated rings. The Morgan fingerprint density at radius 3 is 2.42 bits per heavy atom. The summed E-state index contributed by atoms with van der Waals surface area (Å²) >= 11 is 0. The molecule has 1 heterocycles. The zero-order valence-corrected chi connectivity index (χ0v) is 20.5. The zero-order valence-electron chi connectivity index (χ0n) is 20.5. The summed E-state index contributed by atoms with van der Waals surface area (Å²) in [5.41, 5.74) is -0.737. The molecule has 8 heteroatoms. The van der Waals surface area contributed by atoms with Gasteiger partial charge in [-0.05, 0) is 62.2 Å². The van der Waals surface area contributed by atoms with Crippen molar-refractivity contribution in [2.75, 3.05) is 19.8 Å². The predicted molar refractivity (Wildman–Crippen MR) is 122 cm³/mol. The number of aliphatic hydroxyl groups is 6. The Morgan fingerprint density at radius 1 is 1.09 bits per heavy atom. The zero-order chi connectivity index (χ0) is 24.6. The second-order valence-corrected chi connectivity index (χ2v) is 11.5. The highest BCUT2D eigenvalue weighted by Crippen LogP contribution is 2.63. The monoisotopic (exact) mass is 472 g/mol. The van der Waals surface area contributed by atoms with Gasteiger partial charge in [-0.3, -0.25) is 0 Å². The molecule has 6 N–H and O–H groups in total. The molecule has 0 radical (unpaired) electrons. The first-order valence-corrected chi connectivity index (χ1v) is 12.3. The summed E-state index contributed by atoms with van der Waals surface area (Å²) in [4.78, 5) is 0. The average Bonchev–Trinajstić information content (AvgIpc) is 2.73. The van der Waals surface area contributed by atoms with Gasteiger partial charge in [-0.15, -0.1) is 0 Å². The highest BCUT2D eigenvalue weighted by Gasteiger charge is 2.63. The van der Waals surface area contributed by atoms with Gasteiger partial charge in [0.2, 0.25) is 0 Å². The van der Waals surface area contributed by atoms with Crippen LogP contribution in [0.25, 0.3) is 0 Å². The van der Waals surface area contributed by atoms with E-state index >= 15 is 0 Å². The lowest BCUT2D eigenvalue weighted by molar-refractivity contribution is -0.318. The fraction of sp³-hybridized carbons (Fsp3) is 0.920. The number of ether oxygens (including phenoxy) is 2. The second-order valence-electron chi connectivity index (χ2n) is 11.5. The van der Waals surface area contributed by atoms with E-state index in [2.05, 4.69) is 13.8 Å². The van der Waals surface area contributed by atoms with E-state index in [4.69, 9.17) is 9.47 Å². The maximum absolute atomic E-state index is 11.7. The van der Waals surface area contributed by atoms with E-state index in [9.17, 15) is 30.6 Å². The van der Waals surface area contributed by atoms with Crippen LogP contribution in [-0.2, 0) is 9.47 Å². The molecule has 192 valence electrons. The van der Waals surface area contributed by atoms with E-state index in [0.29, 0.717) is 6.42 Å². The van der Waals surface area contributed by atoms with Crippen molar-refractivity contribution in [2.45, 2.75) is 103 Å². The van der Waals surface area contributed by atoms with Crippen molar-refractivity contribution < 1.29 is 40.1 Å². The number of hydrogen-bond donors (Lipinski definition) is 6. The SMILES string of the molecule is C/C(=C\CO)CC[C@@H]1[C@@]2(C)CCC[C@](C)(CO)[C@@H]2[C@@H](O[C@H]2OC[C@@H](O)[C@H](O)[C@@H]2O)C[C@@]1(C)O. The number of rotatable bonds is 7. The fourth-order valence-electron chi connectivity index (χ4n) is 7.27. The molecule has 0 amide bonds. The predicted octanol–water partition coefficient (Wildman–Crippen LogP) is 1.11. The summed E-state index contributed by atoms with van der Waals surface area (Å²) in [5.74, 6) is -0.149. The molecule has 0 spiro atoms. The van der Waals surface area contributed by atoms with Crippen molar-refractivity contribution in [2.24, 2.45) is 22.7 Å². The lowest BCUT2D eigenvalue weighted by atomic mass is 9.44. The maximum atomic E-state index is 11.7. The fourth-order valence-corrected chi connectivity index (χ4v) is 7.27. The van der Waals surface area contributed by atoms with E-state index in [1.807, 2.05) is 13.8 Å². The molecule has 1 aliphatic heterocycles. The molecular weight excluding hydrogens is 428 g/mol. The minimum atomic E-state index is -1.40. The first kappa shape index (κ1) is 27.0. The lowest BCUT2D eigenvalue weighted by Crippen LogP contribution is -2.65. The van der Waals surface area contributed by atoms with Gasteiger partial charge in [0.1, 0.15) is 18.3 Å². The van der Waals surface area contributed by atoms with Crippen molar-refractivity contribution in [3.63, 3.8) is 0 Å². The van der Waals surface area contributed by atoms with Gasteiger partial charge >= 0.3 is 0 Å². The van der Waals surface area contributed by atoms with Crippen LogP contribution in [0.2, 0.25) is 0 Å². The summed E-state index contributed by atoms with van der Waals surface area (Å²) in [6.07, 6.45) is 0.679. The molecular formula is C25H44O8. The Labute approximate surface area is 197 Å². The van der Waals surface area contributed by atoms with Crippen LogP contribution in [0.3, 0.4) is 0 Å². The third kappa shape index (κ3) is 5.19. The maximum Gasteiger partial charge on any atom is 0.186 e. The van der Waals surface area contributed by atoms with Gasteiger partial charge in [-0.1, -0.05) is 31.9 Å². The summed E-state index contributed by atoms with van der Waals surface area (Å²) < 4.78 is 11.8. The van der Waals surface area contributed by atoms with Crippen LogP contribution in [0.15, 0.2) is 11.6 Å². The number of aliphatic hydroxyl groups excluding tert-OH is 5. The quantitative estimate of drug-likeness (QED) is 0.303. The topological polar surface area (TPSA) is 140 Å². The van der Waals surface area contributed by atoms with Crippen LogP contribution in [0.1, 0.15) is 66.2 Å². The third-order valence-corrected chi connectivity index (χ3v) is 8.85. The van der Waals surface area contributed by atoms with E-state index < -0.39 is 41.7 Å². The largest absolute Gasteiger partial charge is 0.396 e. The van der Waals surface area contributed by atoms with Gasteiger partial charge in [-0.25, -0.2) is 0 Å². The molecule has 0 bridgehead atoms. The van der Waals surface area contributed by atoms with Crippen LogP contribution in [-0.4, -0.2) is 86.8 Å². The standard InChI is InChI=1S/C25H44O8/c1-15(8-11-26)6-7-18-24(3)10-5-9-23(2,14-27)21(24)17(12-25(18,4)31)33-22-20(30)19(29)16(28)13-32-22/h8,16-22,26-31H,5-7,9-14H2,1-4H3/b15-8+/t16-,17+,18-,19+,20+,21+,22-,23-,24-,25-/m1/s1. The molecule has 3 rings (SSSR count). The van der Waals surface area contributed by atoms with Crippen LogP contribution >= 0.6 is 0 Å². The van der Waals surface area contributed by atoms with Crippen LogP contribution in [0, 0.1) is 22.7 Å². The molecule has 0 unspecified atom stereocenters. The van der Waals surface area contributed by atoms with E-state index in [1.54, 1.807) is 6.08 Å². The third-order valence-electron chi connectivity index (χ3n) is 8.85. The van der Waals surface area contributed by atoms with Crippen molar-refractivity contribution >= 4 is 0 Å². The Morgan fingerprint density at radius 2 is 1.79 bits per heavy atom. The minimum absolute atomic E-state index is 0.00442. The van der Waals surface area contributed by atoms with E-state index in [-0.39, 0.29) is 37.1 Å². The van der Waals surface area contributed by atoms with Crippen LogP contribution < -0.4 is 0 Å².